The van der Waals surface area contributed by atoms with Crippen molar-refractivity contribution in [2.75, 3.05) is 13.2 Å². The van der Waals surface area contributed by atoms with Crippen LogP contribution >= 0.6 is 0 Å². The number of benzene rings is 1. The summed E-state index contributed by atoms with van der Waals surface area (Å²) in [5, 5.41) is 12.8. The van der Waals surface area contributed by atoms with Crippen molar-refractivity contribution in [1.82, 2.24) is 5.32 Å². The molecule has 0 aromatic heterocycles. The third-order valence-corrected chi connectivity index (χ3v) is 3.01. The molecule has 14 heavy (non-hydrogen) atoms. The fourth-order valence-corrected chi connectivity index (χ4v) is 2.22. The summed E-state index contributed by atoms with van der Waals surface area (Å²) >= 11 is 0. The molecule has 1 aromatic rings. The lowest BCUT2D eigenvalue weighted by atomic mass is 9.91. The monoisotopic (exact) mass is 191 g/mol. The molecular formula is C12H17NO. The molecular weight excluding hydrogens is 174 g/mol. The number of hydrogen-bond donors (Lipinski definition) is 2. The van der Waals surface area contributed by atoms with Crippen LogP contribution in [0.25, 0.3) is 0 Å². The van der Waals surface area contributed by atoms with Crippen molar-refractivity contribution in [2.24, 2.45) is 0 Å². The molecule has 1 fully saturated rings. The zero-order valence-electron chi connectivity index (χ0n) is 8.32. The van der Waals surface area contributed by atoms with Gasteiger partial charge in [0, 0.05) is 12.0 Å². The predicted molar refractivity (Wildman–Crippen MR) is 57.3 cm³/mol. The van der Waals surface area contributed by atoms with Crippen LogP contribution in [0, 0.1) is 0 Å². The molecule has 2 N–H and O–H groups in total. The van der Waals surface area contributed by atoms with Crippen LogP contribution in [0.15, 0.2) is 30.3 Å². The first-order chi connectivity index (χ1) is 6.92. The van der Waals surface area contributed by atoms with Gasteiger partial charge in [0.05, 0.1) is 6.61 Å². The molecule has 0 spiro atoms. The lowest BCUT2D eigenvalue weighted by Crippen LogP contribution is -2.30. The van der Waals surface area contributed by atoms with Gasteiger partial charge in [0.1, 0.15) is 0 Å². The van der Waals surface area contributed by atoms with Gasteiger partial charge in [0.2, 0.25) is 0 Å². The fourth-order valence-electron chi connectivity index (χ4n) is 2.22. The minimum absolute atomic E-state index is 0.238. The van der Waals surface area contributed by atoms with E-state index in [1.807, 2.05) is 18.2 Å². The van der Waals surface area contributed by atoms with Gasteiger partial charge in [-0.15, -0.1) is 0 Å². The highest BCUT2D eigenvalue weighted by molar-refractivity contribution is 5.21. The topological polar surface area (TPSA) is 32.3 Å². The van der Waals surface area contributed by atoms with E-state index in [2.05, 4.69) is 17.4 Å². The highest BCUT2D eigenvalue weighted by atomic mass is 16.3. The van der Waals surface area contributed by atoms with Crippen molar-refractivity contribution in [1.29, 1.82) is 0 Å². The van der Waals surface area contributed by atoms with Gasteiger partial charge >= 0.3 is 0 Å². The summed E-state index contributed by atoms with van der Waals surface area (Å²) in [6, 6.07) is 10.7. The number of aliphatic hydroxyl groups excluding tert-OH is 1. The van der Waals surface area contributed by atoms with E-state index < -0.39 is 0 Å². The Kier molecular flexibility index (Phi) is 3.17. The molecule has 1 saturated heterocycles. The third-order valence-electron chi connectivity index (χ3n) is 3.01. The van der Waals surface area contributed by atoms with E-state index in [1.54, 1.807) is 0 Å². The van der Waals surface area contributed by atoms with Gasteiger partial charge in [-0.3, -0.25) is 0 Å². The van der Waals surface area contributed by atoms with Gasteiger partial charge < -0.3 is 10.4 Å². The molecule has 0 aliphatic carbocycles. The maximum Gasteiger partial charge on any atom is 0.0514 e. The highest BCUT2D eigenvalue weighted by Crippen LogP contribution is 2.24. The van der Waals surface area contributed by atoms with E-state index >= 15 is 0 Å². The Morgan fingerprint density at radius 3 is 2.71 bits per heavy atom. The average molecular weight is 191 g/mol. The summed E-state index contributed by atoms with van der Waals surface area (Å²) < 4.78 is 0. The fraction of sp³-hybridized carbons (Fsp3) is 0.500. The zero-order valence-corrected chi connectivity index (χ0v) is 8.32. The molecule has 1 aliphatic rings. The number of rotatable bonds is 3. The van der Waals surface area contributed by atoms with Crippen LogP contribution in [0.4, 0.5) is 0 Å². The van der Waals surface area contributed by atoms with E-state index in [9.17, 15) is 5.11 Å². The lowest BCUT2D eigenvalue weighted by Gasteiger charge is -2.21. The Labute approximate surface area is 85.0 Å². The van der Waals surface area contributed by atoms with Crippen LogP contribution in [0.3, 0.4) is 0 Å². The summed E-state index contributed by atoms with van der Waals surface area (Å²) in [5.74, 6) is 0.263. The van der Waals surface area contributed by atoms with E-state index in [0.29, 0.717) is 6.04 Å². The summed E-state index contributed by atoms with van der Waals surface area (Å²) in [4.78, 5) is 0. The number of hydrogen-bond acceptors (Lipinski definition) is 2. The van der Waals surface area contributed by atoms with Crippen molar-refractivity contribution >= 4 is 0 Å². The molecule has 2 atom stereocenters. The standard InChI is InChI=1S/C12H17NO/c14-9-11(12-7-4-8-13-12)10-5-2-1-3-6-10/h1-3,5-6,11-14H,4,7-9H2/t11?,12-/m0/s1. The third kappa shape index (κ3) is 1.97. The number of nitrogens with one attached hydrogen (secondary N) is 1. The van der Waals surface area contributed by atoms with E-state index in [1.165, 1.54) is 18.4 Å². The van der Waals surface area contributed by atoms with Crippen LogP contribution in [0.2, 0.25) is 0 Å². The Hall–Kier alpha value is -0.860. The van der Waals surface area contributed by atoms with Crippen LogP contribution in [0.5, 0.6) is 0 Å². The maximum atomic E-state index is 9.40. The maximum absolute atomic E-state index is 9.40. The van der Waals surface area contributed by atoms with Crippen molar-refractivity contribution < 1.29 is 5.11 Å². The van der Waals surface area contributed by atoms with Gasteiger partial charge in [-0.2, -0.15) is 0 Å². The lowest BCUT2D eigenvalue weighted by molar-refractivity contribution is 0.242. The molecule has 0 bridgehead atoms. The molecule has 1 aliphatic heterocycles. The van der Waals surface area contributed by atoms with Crippen LogP contribution < -0.4 is 5.32 Å². The van der Waals surface area contributed by atoms with Crippen LogP contribution in [0.1, 0.15) is 24.3 Å². The Morgan fingerprint density at radius 2 is 2.14 bits per heavy atom. The van der Waals surface area contributed by atoms with Gasteiger partial charge in [-0.05, 0) is 24.9 Å². The van der Waals surface area contributed by atoms with Crippen LogP contribution in [-0.4, -0.2) is 24.3 Å². The minimum Gasteiger partial charge on any atom is -0.396 e. The molecule has 0 saturated carbocycles. The van der Waals surface area contributed by atoms with Crippen molar-refractivity contribution in [2.45, 2.75) is 24.8 Å². The van der Waals surface area contributed by atoms with Crippen molar-refractivity contribution in [3.8, 4) is 0 Å². The molecule has 1 heterocycles. The Balaban J connectivity index is 2.12. The first-order valence-electron chi connectivity index (χ1n) is 5.31. The second-order valence-electron chi connectivity index (χ2n) is 3.90. The molecule has 0 amide bonds. The summed E-state index contributed by atoms with van der Waals surface area (Å²) in [6.45, 7) is 1.33. The quantitative estimate of drug-likeness (QED) is 0.759. The Morgan fingerprint density at radius 1 is 1.36 bits per heavy atom. The van der Waals surface area contributed by atoms with Crippen molar-refractivity contribution in [3.05, 3.63) is 35.9 Å². The molecule has 0 radical (unpaired) electrons. The number of aliphatic hydroxyl groups is 1. The summed E-state index contributed by atoms with van der Waals surface area (Å²) in [7, 11) is 0. The predicted octanol–water partition coefficient (Wildman–Crippen LogP) is 1.51. The molecule has 2 heteroatoms. The van der Waals surface area contributed by atoms with Gasteiger partial charge in [0.25, 0.3) is 0 Å². The molecule has 1 unspecified atom stereocenters. The van der Waals surface area contributed by atoms with Crippen molar-refractivity contribution in [3.63, 3.8) is 0 Å². The molecule has 76 valence electrons. The molecule has 2 rings (SSSR count). The molecule has 1 aromatic carbocycles. The summed E-state index contributed by atoms with van der Waals surface area (Å²) in [6.07, 6.45) is 2.41. The largest absolute Gasteiger partial charge is 0.396 e. The normalized spacial score (nSPS) is 23.6. The Bertz CT molecular complexity index is 267. The summed E-state index contributed by atoms with van der Waals surface area (Å²) in [5.41, 5.74) is 1.24. The van der Waals surface area contributed by atoms with Crippen LogP contribution in [-0.2, 0) is 0 Å². The van der Waals surface area contributed by atoms with E-state index in [-0.39, 0.29) is 12.5 Å². The first kappa shape index (κ1) is 9.69. The molecule has 2 nitrogen and oxygen atoms in total. The van der Waals surface area contributed by atoms with Gasteiger partial charge in [-0.25, -0.2) is 0 Å². The van der Waals surface area contributed by atoms with Gasteiger partial charge in [0.15, 0.2) is 0 Å². The second kappa shape index (κ2) is 4.58. The van der Waals surface area contributed by atoms with E-state index in [0.717, 1.165) is 6.54 Å². The smallest absolute Gasteiger partial charge is 0.0514 e. The first-order valence-corrected chi connectivity index (χ1v) is 5.31. The SMILES string of the molecule is OCC(c1ccccc1)[C@@H]1CCCN1. The zero-order chi connectivity index (χ0) is 9.80. The van der Waals surface area contributed by atoms with E-state index in [4.69, 9.17) is 0 Å². The average Bonchev–Trinajstić information content (AvgIpc) is 2.74. The van der Waals surface area contributed by atoms with Gasteiger partial charge in [-0.1, -0.05) is 30.3 Å². The second-order valence-corrected chi connectivity index (χ2v) is 3.90. The minimum atomic E-state index is 0.238. The highest BCUT2D eigenvalue weighted by Gasteiger charge is 2.24.